The number of hydrogen-bond acceptors (Lipinski definition) is 3. The first-order valence-electron chi connectivity index (χ1n) is 7.18. The summed E-state index contributed by atoms with van der Waals surface area (Å²) in [5.41, 5.74) is 0. The molecule has 2 rings (SSSR count). The second kappa shape index (κ2) is 9.83. The van der Waals surface area contributed by atoms with Crippen LogP contribution in [0.15, 0.2) is 40.5 Å². The van der Waals surface area contributed by atoms with Crippen molar-refractivity contribution in [2.75, 3.05) is 33.2 Å². The number of halogens is 1. The average Bonchev–Trinajstić information content (AvgIpc) is 3.16. The monoisotopic (exact) mass is 404 g/mol. The van der Waals surface area contributed by atoms with E-state index in [2.05, 4.69) is 27.1 Å². The van der Waals surface area contributed by atoms with Gasteiger partial charge in [-0.3, -0.25) is 9.89 Å². The molecule has 0 aromatic carbocycles. The van der Waals surface area contributed by atoms with E-state index in [0.717, 1.165) is 31.4 Å². The van der Waals surface area contributed by atoms with Gasteiger partial charge in [0, 0.05) is 20.1 Å². The van der Waals surface area contributed by atoms with E-state index < -0.39 is 0 Å². The second-order valence-corrected chi connectivity index (χ2v) is 4.90. The van der Waals surface area contributed by atoms with Crippen molar-refractivity contribution in [3.8, 4) is 0 Å². The zero-order valence-corrected chi connectivity index (χ0v) is 14.9. The van der Waals surface area contributed by atoms with Crippen molar-refractivity contribution < 1.29 is 4.42 Å². The molecule has 0 aliphatic carbocycles. The van der Waals surface area contributed by atoms with Gasteiger partial charge in [-0.25, -0.2) is 0 Å². The number of nitrogens with one attached hydrogen (secondary N) is 2. The molecular weight excluding hydrogens is 379 g/mol. The van der Waals surface area contributed by atoms with E-state index in [1.54, 1.807) is 13.3 Å². The van der Waals surface area contributed by atoms with Gasteiger partial charge in [-0.2, -0.15) is 0 Å². The second-order valence-electron chi connectivity index (χ2n) is 4.90. The summed E-state index contributed by atoms with van der Waals surface area (Å²) < 4.78 is 5.60. The number of hydrogen-bond donors (Lipinski definition) is 2. The Balaban J connectivity index is 0.00000220. The van der Waals surface area contributed by atoms with E-state index in [1.165, 1.54) is 12.8 Å². The van der Waals surface area contributed by atoms with Crippen LogP contribution in [0.2, 0.25) is 0 Å². The Morgan fingerprint density at radius 2 is 2.24 bits per heavy atom. The van der Waals surface area contributed by atoms with Crippen molar-refractivity contribution in [2.24, 2.45) is 4.99 Å². The highest BCUT2D eigenvalue weighted by Crippen LogP contribution is 2.24. The highest BCUT2D eigenvalue weighted by Gasteiger charge is 2.25. The van der Waals surface area contributed by atoms with Crippen LogP contribution in [0.4, 0.5) is 0 Å². The van der Waals surface area contributed by atoms with Crippen molar-refractivity contribution >= 4 is 29.9 Å². The van der Waals surface area contributed by atoms with Crippen LogP contribution in [0, 0.1) is 0 Å². The predicted molar refractivity (Wildman–Crippen MR) is 97.2 cm³/mol. The lowest BCUT2D eigenvalue weighted by Crippen LogP contribution is -2.42. The van der Waals surface area contributed by atoms with Gasteiger partial charge in [0.1, 0.15) is 5.76 Å². The molecule has 1 aromatic rings. The van der Waals surface area contributed by atoms with Crippen LogP contribution in [-0.2, 0) is 0 Å². The first-order chi connectivity index (χ1) is 9.85. The summed E-state index contributed by atoms with van der Waals surface area (Å²) in [6.07, 6.45) is 6.09. The molecule has 1 aromatic heterocycles. The summed E-state index contributed by atoms with van der Waals surface area (Å²) in [7, 11) is 1.77. The highest BCUT2D eigenvalue weighted by molar-refractivity contribution is 14.0. The van der Waals surface area contributed by atoms with E-state index in [1.807, 2.05) is 18.2 Å². The van der Waals surface area contributed by atoms with Crippen LogP contribution >= 0.6 is 24.0 Å². The number of aliphatic imine (C=N–C) groups is 1. The van der Waals surface area contributed by atoms with Crippen molar-refractivity contribution in [3.63, 3.8) is 0 Å². The van der Waals surface area contributed by atoms with E-state index in [-0.39, 0.29) is 30.0 Å². The first kappa shape index (κ1) is 18.0. The van der Waals surface area contributed by atoms with Gasteiger partial charge < -0.3 is 15.1 Å². The molecule has 5 nitrogen and oxygen atoms in total. The topological polar surface area (TPSA) is 52.8 Å². The predicted octanol–water partition coefficient (Wildman–Crippen LogP) is 2.39. The van der Waals surface area contributed by atoms with E-state index in [4.69, 9.17) is 4.42 Å². The van der Waals surface area contributed by atoms with Gasteiger partial charge in [-0.05, 0) is 38.1 Å². The number of furan rings is 1. The number of likely N-dealkylation sites (tertiary alicyclic amines) is 1. The zero-order valence-electron chi connectivity index (χ0n) is 12.5. The van der Waals surface area contributed by atoms with Crippen LogP contribution in [0.3, 0.4) is 0 Å². The highest BCUT2D eigenvalue weighted by atomic mass is 127. The first-order valence-corrected chi connectivity index (χ1v) is 7.18. The van der Waals surface area contributed by atoms with E-state index in [9.17, 15) is 0 Å². The van der Waals surface area contributed by atoms with Gasteiger partial charge >= 0.3 is 0 Å². The normalized spacial score (nSPS) is 17.1. The van der Waals surface area contributed by atoms with E-state index in [0.29, 0.717) is 6.54 Å². The minimum Gasteiger partial charge on any atom is -0.468 e. The Labute approximate surface area is 143 Å². The Hall–Kier alpha value is -1.02. The number of nitrogens with zero attached hydrogens (tertiary/aromatic N) is 2. The third-order valence-corrected chi connectivity index (χ3v) is 3.55. The molecule has 2 heterocycles. The summed E-state index contributed by atoms with van der Waals surface area (Å²) in [5.74, 6) is 1.80. The molecule has 0 bridgehead atoms. The fraction of sp³-hybridized carbons (Fsp3) is 0.533. The van der Waals surface area contributed by atoms with Gasteiger partial charge in [0.05, 0.1) is 12.3 Å². The molecule has 2 N–H and O–H groups in total. The maximum absolute atomic E-state index is 5.60. The lowest BCUT2D eigenvalue weighted by molar-refractivity contribution is 0.215. The van der Waals surface area contributed by atoms with Crippen LogP contribution in [0.1, 0.15) is 24.6 Å². The van der Waals surface area contributed by atoms with Crippen molar-refractivity contribution in [1.82, 2.24) is 15.5 Å². The molecule has 1 atom stereocenters. The van der Waals surface area contributed by atoms with Crippen LogP contribution in [0.25, 0.3) is 0 Å². The maximum Gasteiger partial charge on any atom is 0.191 e. The average molecular weight is 404 g/mol. The summed E-state index contributed by atoms with van der Waals surface area (Å²) in [4.78, 5) is 6.67. The zero-order chi connectivity index (χ0) is 14.2. The van der Waals surface area contributed by atoms with Gasteiger partial charge in [0.2, 0.25) is 0 Å². The lowest BCUT2D eigenvalue weighted by Gasteiger charge is -2.26. The smallest absolute Gasteiger partial charge is 0.191 e. The third-order valence-electron chi connectivity index (χ3n) is 3.55. The minimum atomic E-state index is 0. The molecule has 118 valence electrons. The van der Waals surface area contributed by atoms with Gasteiger partial charge in [0.15, 0.2) is 5.96 Å². The molecule has 1 fully saturated rings. The molecule has 0 amide bonds. The van der Waals surface area contributed by atoms with Gasteiger partial charge in [-0.15, -0.1) is 30.6 Å². The van der Waals surface area contributed by atoms with Gasteiger partial charge in [-0.1, -0.05) is 6.08 Å². The molecular formula is C15H25IN4O. The molecule has 1 aliphatic heterocycles. The molecule has 1 aliphatic rings. The molecule has 1 saturated heterocycles. The lowest BCUT2D eigenvalue weighted by atomic mass is 10.2. The largest absolute Gasteiger partial charge is 0.468 e. The number of guanidine groups is 1. The SMILES string of the molecule is C=CCNC(=NC)NCC(c1ccco1)N1CCCC1.I. The van der Waals surface area contributed by atoms with Crippen LogP contribution < -0.4 is 10.6 Å². The van der Waals surface area contributed by atoms with Gasteiger partial charge in [0.25, 0.3) is 0 Å². The summed E-state index contributed by atoms with van der Waals surface area (Å²) in [5, 5.41) is 6.54. The van der Waals surface area contributed by atoms with Crippen molar-refractivity contribution in [1.29, 1.82) is 0 Å². The molecule has 0 radical (unpaired) electrons. The Bertz CT molecular complexity index is 427. The molecule has 0 spiro atoms. The molecule has 6 heteroatoms. The fourth-order valence-corrected chi connectivity index (χ4v) is 2.53. The summed E-state index contributed by atoms with van der Waals surface area (Å²) >= 11 is 0. The molecule has 21 heavy (non-hydrogen) atoms. The van der Waals surface area contributed by atoms with Crippen LogP contribution in [-0.4, -0.2) is 44.1 Å². The van der Waals surface area contributed by atoms with Crippen molar-refractivity contribution in [2.45, 2.75) is 18.9 Å². The number of rotatable bonds is 6. The Kier molecular flexibility index (Phi) is 8.44. The maximum atomic E-state index is 5.60. The van der Waals surface area contributed by atoms with Crippen molar-refractivity contribution in [3.05, 3.63) is 36.8 Å². The standard InChI is InChI=1S/C15H24N4O.HI/c1-3-8-17-15(16-2)18-12-13(14-7-6-11-20-14)19-9-4-5-10-19;/h3,6-7,11,13H,1,4-5,8-10,12H2,2H3,(H2,16,17,18);1H. The summed E-state index contributed by atoms with van der Waals surface area (Å²) in [6.45, 7) is 7.44. The van der Waals surface area contributed by atoms with E-state index >= 15 is 0 Å². The van der Waals surface area contributed by atoms with Crippen LogP contribution in [0.5, 0.6) is 0 Å². The summed E-state index contributed by atoms with van der Waals surface area (Å²) in [6, 6.07) is 4.25. The Morgan fingerprint density at radius 3 is 2.81 bits per heavy atom. The fourth-order valence-electron chi connectivity index (χ4n) is 2.53. The quantitative estimate of drug-likeness (QED) is 0.331. The molecule has 1 unspecified atom stereocenters. The molecule has 0 saturated carbocycles. The Morgan fingerprint density at radius 1 is 1.48 bits per heavy atom. The minimum absolute atomic E-state index is 0. The third kappa shape index (κ3) is 5.35.